The van der Waals surface area contributed by atoms with Crippen LogP contribution in [-0.2, 0) is 4.79 Å². The Bertz CT molecular complexity index is 440. The maximum absolute atomic E-state index is 10.5. The monoisotopic (exact) mass is 334 g/mol. The fraction of sp³-hybridized carbons (Fsp3) is 0.500. The molecule has 5 nitrogen and oxygen atoms in total. The third-order valence-corrected chi connectivity index (χ3v) is 3.13. The predicted octanol–water partition coefficient (Wildman–Crippen LogP) is 2.15. The Labute approximate surface area is 134 Å². The number of carboxylic acid groups (broad SMARTS) is 1. The average molecular weight is 335 g/mol. The van der Waals surface area contributed by atoms with E-state index in [9.17, 15) is 4.79 Å². The molecular weight excluding hydrogens is 315 g/mol. The van der Waals surface area contributed by atoms with Crippen molar-refractivity contribution in [2.75, 3.05) is 36.4 Å². The third kappa shape index (κ3) is 6.89. The quantitative estimate of drug-likeness (QED) is 0.641. The highest BCUT2D eigenvalue weighted by Gasteiger charge is 2.10. The van der Waals surface area contributed by atoms with Gasteiger partial charge in [0.25, 0.3) is 0 Å². The summed E-state index contributed by atoms with van der Waals surface area (Å²) in [5.74, 6) is 0.717. The lowest BCUT2D eigenvalue weighted by Gasteiger charge is -2.23. The number of hydrogen-bond acceptors (Lipinski definition) is 4. The Morgan fingerprint density at radius 3 is 2.57 bits per heavy atom. The molecule has 0 saturated heterocycles. The number of alkyl halides is 2. The zero-order valence-electron chi connectivity index (χ0n) is 11.7. The van der Waals surface area contributed by atoms with E-state index in [0.717, 1.165) is 5.69 Å². The lowest BCUT2D eigenvalue weighted by atomic mass is 10.2. The van der Waals surface area contributed by atoms with Gasteiger partial charge in [0.15, 0.2) is 0 Å². The van der Waals surface area contributed by atoms with Gasteiger partial charge in [0.1, 0.15) is 12.4 Å². The number of aliphatic carboxylic acids is 1. The molecule has 0 spiro atoms. The highest BCUT2D eigenvalue weighted by molar-refractivity contribution is 6.18. The second kappa shape index (κ2) is 9.71. The summed E-state index contributed by atoms with van der Waals surface area (Å²) in [5, 5.41) is 8.65. The van der Waals surface area contributed by atoms with E-state index in [4.69, 9.17) is 38.8 Å². The van der Waals surface area contributed by atoms with E-state index < -0.39 is 12.0 Å². The molecule has 0 heterocycles. The van der Waals surface area contributed by atoms with Crippen molar-refractivity contribution in [1.82, 2.24) is 0 Å². The second-order valence-electron chi connectivity index (χ2n) is 4.53. The van der Waals surface area contributed by atoms with Crippen LogP contribution in [0.1, 0.15) is 6.42 Å². The molecule has 1 aromatic rings. The van der Waals surface area contributed by atoms with Gasteiger partial charge in [-0.25, -0.2) is 0 Å². The van der Waals surface area contributed by atoms with Crippen molar-refractivity contribution in [2.45, 2.75) is 12.5 Å². The van der Waals surface area contributed by atoms with E-state index >= 15 is 0 Å². The average Bonchev–Trinajstić information content (AvgIpc) is 2.44. The molecule has 0 aliphatic heterocycles. The van der Waals surface area contributed by atoms with Crippen molar-refractivity contribution in [3.8, 4) is 5.75 Å². The van der Waals surface area contributed by atoms with E-state index in [1.165, 1.54) is 0 Å². The molecule has 3 N–H and O–H groups in total. The van der Waals surface area contributed by atoms with Crippen molar-refractivity contribution in [2.24, 2.45) is 5.73 Å². The molecule has 0 aliphatic rings. The number of rotatable bonds is 10. The van der Waals surface area contributed by atoms with Gasteiger partial charge in [0.2, 0.25) is 0 Å². The summed E-state index contributed by atoms with van der Waals surface area (Å²) in [6, 6.07) is 6.95. The van der Waals surface area contributed by atoms with Gasteiger partial charge < -0.3 is 20.5 Å². The van der Waals surface area contributed by atoms with Crippen LogP contribution in [0.15, 0.2) is 24.3 Å². The lowest BCUT2D eigenvalue weighted by molar-refractivity contribution is -0.137. The molecule has 21 heavy (non-hydrogen) atoms. The summed E-state index contributed by atoms with van der Waals surface area (Å²) in [6.45, 7) is 1.53. The minimum absolute atomic E-state index is 0.121. The summed E-state index contributed by atoms with van der Waals surface area (Å²) in [5.41, 5.74) is 6.62. The summed E-state index contributed by atoms with van der Waals surface area (Å²) in [7, 11) is 0. The summed E-state index contributed by atoms with van der Waals surface area (Å²) >= 11 is 11.6. The highest BCUT2D eigenvalue weighted by Crippen LogP contribution is 2.21. The first-order chi connectivity index (χ1) is 10.1. The smallest absolute Gasteiger partial charge is 0.305 e. The number of benzene rings is 1. The van der Waals surface area contributed by atoms with Crippen LogP contribution in [0, 0.1) is 0 Å². The molecule has 0 amide bonds. The Balaban J connectivity index is 2.64. The number of anilines is 1. The molecule has 0 aromatic heterocycles. The molecule has 1 rings (SSSR count). The number of carbonyl (C=O) groups is 1. The second-order valence-corrected chi connectivity index (χ2v) is 5.29. The van der Waals surface area contributed by atoms with Crippen LogP contribution in [0.2, 0.25) is 0 Å². The molecule has 1 aromatic carbocycles. The van der Waals surface area contributed by atoms with Crippen molar-refractivity contribution in [3.63, 3.8) is 0 Å². The topological polar surface area (TPSA) is 75.8 Å². The maximum atomic E-state index is 10.5. The molecule has 118 valence electrons. The standard InChI is InChI=1S/C14H20Cl2N2O3/c15-4-6-18(7-5-16)12-2-1-3-13(9-12)21-10-11(17)8-14(19)20/h1-3,9,11H,4-8,10,17H2,(H,19,20)/t11-/m1/s1. The van der Waals surface area contributed by atoms with Crippen LogP contribution in [0.5, 0.6) is 5.75 Å². The van der Waals surface area contributed by atoms with Crippen molar-refractivity contribution in [3.05, 3.63) is 24.3 Å². The van der Waals surface area contributed by atoms with Gasteiger partial charge in [-0.2, -0.15) is 0 Å². The molecule has 1 atom stereocenters. The van der Waals surface area contributed by atoms with Crippen LogP contribution in [-0.4, -0.2) is 48.6 Å². The van der Waals surface area contributed by atoms with E-state index in [-0.39, 0.29) is 13.0 Å². The van der Waals surface area contributed by atoms with Crippen LogP contribution < -0.4 is 15.4 Å². The van der Waals surface area contributed by atoms with Crippen LogP contribution >= 0.6 is 23.2 Å². The van der Waals surface area contributed by atoms with Crippen LogP contribution in [0.4, 0.5) is 5.69 Å². The minimum atomic E-state index is -0.935. The highest BCUT2D eigenvalue weighted by atomic mass is 35.5. The van der Waals surface area contributed by atoms with E-state index in [2.05, 4.69) is 4.90 Å². The number of ether oxygens (including phenoxy) is 1. The molecular formula is C14H20Cl2N2O3. The predicted molar refractivity (Wildman–Crippen MR) is 85.8 cm³/mol. The van der Waals surface area contributed by atoms with E-state index in [1.807, 2.05) is 18.2 Å². The lowest BCUT2D eigenvalue weighted by Crippen LogP contribution is -2.30. The van der Waals surface area contributed by atoms with Gasteiger partial charge in [0, 0.05) is 42.6 Å². The van der Waals surface area contributed by atoms with Crippen LogP contribution in [0.3, 0.4) is 0 Å². The fourth-order valence-electron chi connectivity index (χ4n) is 1.83. The van der Waals surface area contributed by atoms with Gasteiger partial charge in [-0.1, -0.05) is 6.07 Å². The Morgan fingerprint density at radius 1 is 1.33 bits per heavy atom. The molecule has 0 aliphatic carbocycles. The van der Waals surface area contributed by atoms with E-state index in [1.54, 1.807) is 6.07 Å². The number of hydrogen-bond donors (Lipinski definition) is 2. The van der Waals surface area contributed by atoms with Gasteiger partial charge in [-0.15, -0.1) is 23.2 Å². The first kappa shape index (κ1) is 17.9. The Hall–Kier alpha value is -1.17. The molecule has 0 unspecified atom stereocenters. The van der Waals surface area contributed by atoms with Crippen molar-refractivity contribution >= 4 is 34.9 Å². The minimum Gasteiger partial charge on any atom is -0.492 e. The summed E-state index contributed by atoms with van der Waals surface area (Å²) < 4.78 is 5.53. The number of halogens is 2. The Morgan fingerprint density at radius 2 is 2.00 bits per heavy atom. The largest absolute Gasteiger partial charge is 0.492 e. The fourth-order valence-corrected chi connectivity index (χ4v) is 2.24. The van der Waals surface area contributed by atoms with E-state index in [0.29, 0.717) is 30.6 Å². The molecule has 0 saturated carbocycles. The van der Waals surface area contributed by atoms with Gasteiger partial charge in [0.05, 0.1) is 6.42 Å². The van der Waals surface area contributed by atoms with Crippen LogP contribution in [0.25, 0.3) is 0 Å². The first-order valence-electron chi connectivity index (χ1n) is 6.64. The summed E-state index contributed by atoms with van der Waals surface area (Å²) in [6.07, 6.45) is -0.121. The van der Waals surface area contributed by atoms with Gasteiger partial charge in [-0.3, -0.25) is 4.79 Å². The third-order valence-electron chi connectivity index (χ3n) is 2.79. The molecule has 0 fully saturated rings. The van der Waals surface area contributed by atoms with Crippen molar-refractivity contribution < 1.29 is 14.6 Å². The maximum Gasteiger partial charge on any atom is 0.305 e. The SMILES string of the molecule is N[C@@H](COc1cccc(N(CCCl)CCCl)c1)CC(=O)O. The number of carboxylic acids is 1. The number of nitrogens with two attached hydrogens (primary N) is 1. The molecule has 7 heteroatoms. The first-order valence-corrected chi connectivity index (χ1v) is 7.70. The number of nitrogens with zero attached hydrogens (tertiary/aromatic N) is 1. The zero-order valence-corrected chi connectivity index (χ0v) is 13.2. The molecule has 0 radical (unpaired) electrons. The zero-order chi connectivity index (χ0) is 15.7. The Kier molecular flexibility index (Phi) is 8.27. The summed E-state index contributed by atoms with van der Waals surface area (Å²) in [4.78, 5) is 12.6. The normalized spacial score (nSPS) is 12.0. The van der Waals surface area contributed by atoms with Gasteiger partial charge >= 0.3 is 5.97 Å². The van der Waals surface area contributed by atoms with Gasteiger partial charge in [-0.05, 0) is 12.1 Å². The molecule has 0 bridgehead atoms. The van der Waals surface area contributed by atoms with Crippen molar-refractivity contribution in [1.29, 1.82) is 0 Å².